The van der Waals surface area contributed by atoms with Crippen molar-refractivity contribution in [3.05, 3.63) is 102 Å². The zero-order valence-corrected chi connectivity index (χ0v) is 20.4. The summed E-state index contributed by atoms with van der Waals surface area (Å²) >= 11 is 11.0. The molecular formula is C24H13BrClN5O2S. The molecule has 0 fully saturated rings. The van der Waals surface area contributed by atoms with Gasteiger partial charge in [-0.1, -0.05) is 57.1 Å². The van der Waals surface area contributed by atoms with Gasteiger partial charge in [0.1, 0.15) is 4.53 Å². The second kappa shape index (κ2) is 8.12. The van der Waals surface area contributed by atoms with E-state index in [1.54, 1.807) is 35.5 Å². The lowest BCUT2D eigenvalue weighted by atomic mass is 10.1. The molecule has 0 unspecified atom stereocenters. The summed E-state index contributed by atoms with van der Waals surface area (Å²) in [5.41, 5.74) is 2.95. The van der Waals surface area contributed by atoms with E-state index in [2.05, 4.69) is 31.0 Å². The molecular weight excluding hydrogens is 538 g/mol. The van der Waals surface area contributed by atoms with Gasteiger partial charge in [-0.3, -0.25) is 14.6 Å². The molecule has 2 aromatic carbocycles. The van der Waals surface area contributed by atoms with Gasteiger partial charge in [0.05, 0.1) is 17.8 Å². The van der Waals surface area contributed by atoms with Crippen LogP contribution in [0, 0.1) is 0 Å². The summed E-state index contributed by atoms with van der Waals surface area (Å²) in [6, 6.07) is 16.5. The molecule has 10 heteroatoms. The van der Waals surface area contributed by atoms with Gasteiger partial charge in [-0.2, -0.15) is 9.50 Å². The number of hydrogen-bond donors (Lipinski definition) is 0. The lowest BCUT2D eigenvalue weighted by molar-refractivity contribution is -0.113. The molecule has 6 rings (SSSR count). The van der Waals surface area contributed by atoms with Crippen LogP contribution in [0.2, 0.25) is 5.02 Å². The van der Waals surface area contributed by atoms with Crippen LogP contribution in [0.1, 0.15) is 11.1 Å². The Bertz CT molecular complexity index is 1720. The van der Waals surface area contributed by atoms with Crippen LogP contribution in [0.4, 0.5) is 5.69 Å². The molecule has 0 bridgehead atoms. The van der Waals surface area contributed by atoms with Crippen LogP contribution in [0.25, 0.3) is 21.9 Å². The number of aromatic nitrogens is 4. The summed E-state index contributed by atoms with van der Waals surface area (Å²) in [5.74, 6) is 0.174. The van der Waals surface area contributed by atoms with Crippen molar-refractivity contribution in [3.63, 3.8) is 0 Å². The van der Waals surface area contributed by atoms with E-state index in [9.17, 15) is 9.59 Å². The number of anilines is 1. The average Bonchev–Trinajstić information content (AvgIpc) is 3.47. The highest BCUT2D eigenvalue weighted by Crippen LogP contribution is 2.38. The number of fused-ring (bicyclic) bond motifs is 2. The van der Waals surface area contributed by atoms with Crippen molar-refractivity contribution in [2.45, 2.75) is 6.54 Å². The van der Waals surface area contributed by atoms with Crippen LogP contribution in [0.15, 0.2) is 76.3 Å². The number of hydrogen-bond acceptors (Lipinski definition) is 6. The largest absolute Gasteiger partial charge is 0.303 e. The van der Waals surface area contributed by atoms with Gasteiger partial charge < -0.3 is 4.90 Å². The minimum Gasteiger partial charge on any atom is -0.303 e. The van der Waals surface area contributed by atoms with E-state index in [0.717, 1.165) is 32.6 Å². The minimum absolute atomic E-state index is 0.260. The Hall–Kier alpha value is -3.40. The van der Waals surface area contributed by atoms with Gasteiger partial charge in [0, 0.05) is 33.0 Å². The standard InChI is InChI=1S/C24H13BrClN5O2S/c25-15-5-6-18-16(11-15)19(22(32)30(18)12-14-3-1-2-4-17(14)26)20-23(33)31-24(34-20)28-21(29-31)13-7-9-27-10-8-13/h1-11H,12H2. The van der Waals surface area contributed by atoms with Crippen LogP contribution < -0.4 is 15.0 Å². The normalized spacial score (nSPS) is 14.8. The Morgan fingerprint density at radius 1 is 1.03 bits per heavy atom. The number of carbonyl (C=O) groups excluding carboxylic acids is 1. The average molecular weight is 551 g/mol. The smallest absolute Gasteiger partial charge is 0.291 e. The first-order valence-corrected chi connectivity index (χ1v) is 12.2. The zero-order valence-electron chi connectivity index (χ0n) is 17.3. The van der Waals surface area contributed by atoms with Gasteiger partial charge >= 0.3 is 0 Å². The lowest BCUT2D eigenvalue weighted by Crippen LogP contribution is -2.32. The highest BCUT2D eigenvalue weighted by Gasteiger charge is 2.35. The first-order chi connectivity index (χ1) is 16.5. The van der Waals surface area contributed by atoms with E-state index < -0.39 is 0 Å². The SMILES string of the molecule is O=C1C(=c2sc3nc(-c4ccncc4)nn3c2=O)c2cc(Br)ccc2N1Cc1ccccc1Cl. The van der Waals surface area contributed by atoms with Gasteiger partial charge in [0.2, 0.25) is 4.96 Å². The molecule has 166 valence electrons. The summed E-state index contributed by atoms with van der Waals surface area (Å²) in [6.45, 7) is 0.289. The van der Waals surface area contributed by atoms with E-state index in [0.29, 0.717) is 31.5 Å². The molecule has 4 heterocycles. The molecule has 1 aliphatic heterocycles. The predicted octanol–water partition coefficient (Wildman–Crippen LogP) is 4.09. The number of halogens is 2. The third-order valence-corrected chi connectivity index (χ3v) is 7.48. The summed E-state index contributed by atoms with van der Waals surface area (Å²) in [4.78, 5) is 37.6. The van der Waals surface area contributed by atoms with E-state index in [1.807, 2.05) is 36.4 Å². The lowest BCUT2D eigenvalue weighted by Gasteiger charge is -2.18. The van der Waals surface area contributed by atoms with E-state index >= 15 is 0 Å². The second-order valence-corrected chi connectivity index (χ2v) is 9.92. The van der Waals surface area contributed by atoms with Gasteiger partial charge in [0.25, 0.3) is 11.5 Å². The molecule has 0 radical (unpaired) electrons. The second-order valence-electron chi connectivity index (χ2n) is 7.62. The van der Waals surface area contributed by atoms with Crippen LogP contribution >= 0.6 is 38.9 Å². The fraction of sp³-hybridized carbons (Fsp3) is 0.0417. The molecule has 1 amide bonds. The summed E-state index contributed by atoms with van der Waals surface area (Å²) < 4.78 is 2.37. The maximum absolute atomic E-state index is 13.7. The quantitative estimate of drug-likeness (QED) is 0.338. The number of nitrogens with zero attached hydrogens (tertiary/aromatic N) is 5. The molecule has 0 saturated carbocycles. The molecule has 3 aromatic heterocycles. The van der Waals surface area contributed by atoms with Crippen molar-refractivity contribution in [1.29, 1.82) is 0 Å². The molecule has 0 atom stereocenters. The van der Waals surface area contributed by atoms with Crippen LogP contribution in [-0.2, 0) is 11.3 Å². The van der Waals surface area contributed by atoms with E-state index in [4.69, 9.17) is 11.6 Å². The Kier molecular flexibility index (Phi) is 5.05. The zero-order chi connectivity index (χ0) is 23.4. The summed E-state index contributed by atoms with van der Waals surface area (Å²) in [5, 5.41) is 4.96. The number of pyridine rings is 1. The van der Waals surface area contributed by atoms with Crippen LogP contribution in [0.3, 0.4) is 0 Å². The van der Waals surface area contributed by atoms with E-state index in [-0.39, 0.29) is 18.0 Å². The van der Waals surface area contributed by atoms with Crippen LogP contribution in [0.5, 0.6) is 0 Å². The van der Waals surface area contributed by atoms with Crippen molar-refractivity contribution in [3.8, 4) is 11.4 Å². The molecule has 0 N–H and O–H groups in total. The predicted molar refractivity (Wildman–Crippen MR) is 135 cm³/mol. The first kappa shape index (κ1) is 21.2. The maximum Gasteiger partial charge on any atom is 0.291 e. The number of thiazole rings is 1. The molecule has 0 aliphatic carbocycles. The first-order valence-electron chi connectivity index (χ1n) is 10.2. The van der Waals surface area contributed by atoms with Gasteiger partial charge in [-0.05, 0) is 42.0 Å². The fourth-order valence-corrected chi connectivity index (χ4v) is 5.54. The number of amides is 1. The monoisotopic (exact) mass is 549 g/mol. The number of carbonyl (C=O) groups is 1. The Morgan fingerprint density at radius 2 is 1.82 bits per heavy atom. The highest BCUT2D eigenvalue weighted by molar-refractivity contribution is 9.10. The number of benzene rings is 2. The molecule has 34 heavy (non-hydrogen) atoms. The van der Waals surface area contributed by atoms with Crippen LogP contribution in [-0.4, -0.2) is 25.5 Å². The minimum atomic E-state index is -0.373. The fourth-order valence-electron chi connectivity index (χ4n) is 3.99. The van der Waals surface area contributed by atoms with Crippen molar-refractivity contribution >= 4 is 61.0 Å². The molecule has 5 aromatic rings. The highest BCUT2D eigenvalue weighted by atomic mass is 79.9. The summed E-state index contributed by atoms with van der Waals surface area (Å²) in [7, 11) is 0. The van der Waals surface area contributed by atoms with Crippen molar-refractivity contribution < 1.29 is 4.79 Å². The Morgan fingerprint density at radius 3 is 2.59 bits per heavy atom. The molecule has 7 nitrogen and oxygen atoms in total. The summed E-state index contributed by atoms with van der Waals surface area (Å²) in [6.07, 6.45) is 3.28. The van der Waals surface area contributed by atoms with Gasteiger partial charge in [-0.25, -0.2) is 0 Å². The van der Waals surface area contributed by atoms with Crippen molar-refractivity contribution in [1.82, 2.24) is 19.6 Å². The maximum atomic E-state index is 13.7. The molecule has 0 saturated heterocycles. The van der Waals surface area contributed by atoms with Crippen molar-refractivity contribution in [2.75, 3.05) is 4.90 Å². The Balaban J connectivity index is 1.53. The third kappa shape index (κ3) is 3.35. The Labute approximate surface area is 210 Å². The topological polar surface area (TPSA) is 80.5 Å². The molecule has 1 aliphatic rings. The molecule has 0 spiro atoms. The van der Waals surface area contributed by atoms with E-state index in [1.165, 1.54) is 4.52 Å². The third-order valence-electron chi connectivity index (χ3n) is 5.59. The van der Waals surface area contributed by atoms with Gasteiger partial charge in [-0.15, -0.1) is 5.10 Å². The number of rotatable bonds is 3. The van der Waals surface area contributed by atoms with Gasteiger partial charge in [0.15, 0.2) is 5.82 Å². The van der Waals surface area contributed by atoms with Crippen molar-refractivity contribution in [2.24, 2.45) is 0 Å².